The molecule has 4 heteroatoms. The molecule has 0 spiro atoms. The van der Waals surface area contributed by atoms with E-state index in [0.717, 1.165) is 52.5 Å². The molecule has 0 aliphatic carbocycles. The Kier molecular flexibility index (Phi) is 10.2. The highest BCUT2D eigenvalue weighted by Gasteiger charge is 2.05. The van der Waals surface area contributed by atoms with Crippen molar-refractivity contribution in [3.05, 3.63) is 96.2 Å². The van der Waals surface area contributed by atoms with E-state index in [-0.39, 0.29) is 0 Å². The summed E-state index contributed by atoms with van der Waals surface area (Å²) in [5.41, 5.74) is 8.64. The fraction of sp³-hybridized carbons (Fsp3) is 0.308. The lowest BCUT2D eigenvalue weighted by Crippen LogP contribution is -2.19. The number of anilines is 1. The van der Waals surface area contributed by atoms with Crippen molar-refractivity contribution in [1.82, 2.24) is 15.2 Å². The normalized spacial score (nSPS) is 12.1. The van der Waals surface area contributed by atoms with Crippen LogP contribution < -0.4 is 10.2 Å². The van der Waals surface area contributed by atoms with Gasteiger partial charge in [0.1, 0.15) is 5.82 Å². The molecule has 0 aromatic carbocycles. The highest BCUT2D eigenvalue weighted by atomic mass is 15.2. The maximum Gasteiger partial charge on any atom is 0.128 e. The van der Waals surface area contributed by atoms with Crippen LogP contribution in [0.5, 0.6) is 0 Å². The van der Waals surface area contributed by atoms with Gasteiger partial charge in [-0.15, -0.1) is 5.73 Å². The van der Waals surface area contributed by atoms with Gasteiger partial charge in [0.05, 0.1) is 0 Å². The molecule has 1 N–H and O–H groups in total. The van der Waals surface area contributed by atoms with Crippen LogP contribution in [0, 0.1) is 0 Å². The van der Waals surface area contributed by atoms with Gasteiger partial charge in [0, 0.05) is 62.6 Å². The van der Waals surface area contributed by atoms with Gasteiger partial charge in [-0.2, -0.15) is 0 Å². The average Bonchev–Trinajstić information content (AvgIpc) is 2.67. The number of allylic oxidation sites excluding steroid dienone is 7. The summed E-state index contributed by atoms with van der Waals surface area (Å²) in [6, 6.07) is 4.03. The highest BCUT2D eigenvalue weighted by Crippen LogP contribution is 2.18. The minimum Gasteiger partial charge on any atom is -0.383 e. The summed E-state index contributed by atoms with van der Waals surface area (Å²) >= 11 is 0. The average molecular weight is 405 g/mol. The maximum absolute atomic E-state index is 4.45. The third-order valence-corrected chi connectivity index (χ3v) is 4.26. The monoisotopic (exact) mass is 404 g/mol. The molecule has 0 aliphatic rings. The highest BCUT2D eigenvalue weighted by molar-refractivity contribution is 5.65. The van der Waals surface area contributed by atoms with Crippen LogP contribution in [0.3, 0.4) is 0 Å². The first kappa shape index (κ1) is 24.8. The quantitative estimate of drug-likeness (QED) is 0.380. The van der Waals surface area contributed by atoms with Crippen molar-refractivity contribution in [3.63, 3.8) is 0 Å². The van der Waals surface area contributed by atoms with Crippen molar-refractivity contribution in [2.75, 3.05) is 32.6 Å². The molecular weight excluding hydrogens is 368 g/mol. The van der Waals surface area contributed by atoms with E-state index < -0.39 is 0 Å². The first-order valence-electron chi connectivity index (χ1n) is 10.1. The van der Waals surface area contributed by atoms with E-state index in [4.69, 9.17) is 0 Å². The van der Waals surface area contributed by atoms with E-state index in [0.29, 0.717) is 0 Å². The molecule has 0 radical (unpaired) electrons. The molecule has 1 rings (SSSR count). The molecule has 0 atom stereocenters. The van der Waals surface area contributed by atoms with Crippen LogP contribution in [0.15, 0.2) is 90.6 Å². The second kappa shape index (κ2) is 12.4. The van der Waals surface area contributed by atoms with Gasteiger partial charge in [-0.1, -0.05) is 32.7 Å². The van der Waals surface area contributed by atoms with Crippen molar-refractivity contribution in [2.24, 2.45) is 0 Å². The number of rotatable bonds is 11. The van der Waals surface area contributed by atoms with Crippen LogP contribution in [0.2, 0.25) is 0 Å². The van der Waals surface area contributed by atoms with E-state index in [1.54, 1.807) is 0 Å². The molecule has 0 saturated carbocycles. The van der Waals surface area contributed by atoms with E-state index in [2.05, 4.69) is 66.8 Å². The van der Waals surface area contributed by atoms with Crippen molar-refractivity contribution >= 4 is 11.5 Å². The predicted molar refractivity (Wildman–Crippen MR) is 132 cm³/mol. The lowest BCUT2D eigenvalue weighted by atomic mass is 10.1. The lowest BCUT2D eigenvalue weighted by Gasteiger charge is -2.18. The minimum absolute atomic E-state index is 0.840. The van der Waals surface area contributed by atoms with E-state index in [1.807, 2.05) is 63.5 Å². The Labute approximate surface area is 183 Å². The number of aromatic nitrogens is 1. The predicted octanol–water partition coefficient (Wildman–Crippen LogP) is 5.68. The molecule has 160 valence electrons. The van der Waals surface area contributed by atoms with Crippen molar-refractivity contribution < 1.29 is 0 Å². The van der Waals surface area contributed by atoms with Gasteiger partial charge >= 0.3 is 0 Å². The topological polar surface area (TPSA) is 31.4 Å². The number of pyridine rings is 1. The minimum atomic E-state index is 0.840. The fourth-order valence-electron chi connectivity index (χ4n) is 2.95. The summed E-state index contributed by atoms with van der Waals surface area (Å²) in [6.07, 6.45) is 10.9. The largest absolute Gasteiger partial charge is 0.383 e. The number of nitrogens with one attached hydrogen (secondary N) is 1. The van der Waals surface area contributed by atoms with Crippen molar-refractivity contribution in [2.45, 2.75) is 27.2 Å². The van der Waals surface area contributed by atoms with Crippen LogP contribution >= 0.6 is 0 Å². The maximum atomic E-state index is 4.45. The van der Waals surface area contributed by atoms with Crippen LogP contribution in [0.25, 0.3) is 5.70 Å². The van der Waals surface area contributed by atoms with Gasteiger partial charge in [0.15, 0.2) is 0 Å². The molecule has 1 aromatic heterocycles. The molecular formula is C26H36N4. The Morgan fingerprint density at radius 2 is 1.90 bits per heavy atom. The number of hydrogen-bond donors (Lipinski definition) is 1. The molecule has 4 nitrogen and oxygen atoms in total. The molecule has 0 aliphatic heterocycles. The zero-order valence-electron chi connectivity index (χ0n) is 19.4. The van der Waals surface area contributed by atoms with Crippen LogP contribution in [0.4, 0.5) is 5.82 Å². The summed E-state index contributed by atoms with van der Waals surface area (Å²) in [4.78, 5) is 8.58. The van der Waals surface area contributed by atoms with Crippen molar-refractivity contribution in [1.29, 1.82) is 0 Å². The Balaban J connectivity index is 2.93. The first-order chi connectivity index (χ1) is 14.2. The molecule has 0 fully saturated rings. The summed E-state index contributed by atoms with van der Waals surface area (Å²) in [6.45, 7) is 19.2. The third-order valence-electron chi connectivity index (χ3n) is 4.26. The lowest BCUT2D eigenvalue weighted by molar-refractivity contribution is 0.561. The van der Waals surface area contributed by atoms with Gasteiger partial charge in [-0.25, -0.2) is 4.98 Å². The number of nitrogens with zero attached hydrogens (tertiary/aromatic N) is 3. The molecule has 30 heavy (non-hydrogen) atoms. The third kappa shape index (κ3) is 8.42. The van der Waals surface area contributed by atoms with Gasteiger partial charge < -0.3 is 15.1 Å². The van der Waals surface area contributed by atoms with Gasteiger partial charge in [-0.05, 0) is 55.7 Å². The second-order valence-electron chi connectivity index (χ2n) is 7.57. The van der Waals surface area contributed by atoms with Crippen LogP contribution in [0.1, 0.15) is 32.8 Å². The van der Waals surface area contributed by atoms with Crippen LogP contribution in [-0.4, -0.2) is 37.6 Å². The Morgan fingerprint density at radius 3 is 2.50 bits per heavy atom. The molecule has 0 unspecified atom stereocenters. The second-order valence-corrected chi connectivity index (χ2v) is 7.57. The van der Waals surface area contributed by atoms with Crippen molar-refractivity contribution in [3.8, 4) is 0 Å². The van der Waals surface area contributed by atoms with E-state index in [1.165, 1.54) is 0 Å². The van der Waals surface area contributed by atoms with E-state index >= 15 is 0 Å². The molecule has 1 aromatic rings. The molecule has 0 amide bonds. The standard InChI is InChI=1S/C26H36N4/c1-10-12-25(19-29(7)8)21(4)16-20(3)17-22(5)28-23(6)24-13-14-27-26(18-24)30(9)15-11-2/h12-14,16-19,28H,1,4,6,11,15H2,2-3,5,7-9H3/b20-16+,22-17+,25-19+. The Morgan fingerprint density at radius 1 is 1.20 bits per heavy atom. The summed E-state index contributed by atoms with van der Waals surface area (Å²) in [5.74, 6) is 0.946. The van der Waals surface area contributed by atoms with Gasteiger partial charge in [0.25, 0.3) is 0 Å². The smallest absolute Gasteiger partial charge is 0.128 e. The summed E-state index contributed by atoms with van der Waals surface area (Å²) < 4.78 is 0. The Bertz CT molecular complexity index is 893. The molecule has 0 saturated heterocycles. The van der Waals surface area contributed by atoms with E-state index in [9.17, 15) is 0 Å². The van der Waals surface area contributed by atoms with Gasteiger partial charge in [0.2, 0.25) is 0 Å². The zero-order chi connectivity index (χ0) is 22.7. The van der Waals surface area contributed by atoms with Gasteiger partial charge in [-0.3, -0.25) is 0 Å². The number of hydrogen-bond acceptors (Lipinski definition) is 4. The fourth-order valence-corrected chi connectivity index (χ4v) is 2.95. The summed E-state index contributed by atoms with van der Waals surface area (Å²) in [7, 11) is 6.01. The molecule has 1 heterocycles. The molecule has 0 bridgehead atoms. The first-order valence-corrected chi connectivity index (χ1v) is 10.1. The zero-order valence-corrected chi connectivity index (χ0v) is 19.4. The summed E-state index contributed by atoms with van der Waals surface area (Å²) in [5, 5.41) is 3.38. The Hall–Kier alpha value is -3.23. The SMILES string of the molecule is C=C=C/C(=C\N(C)C)C(=C)/C=C(C)/C=C(\C)NC(=C)c1ccnc(N(C)CCC)c1. The van der Waals surface area contributed by atoms with Crippen LogP contribution in [-0.2, 0) is 0 Å².